The Morgan fingerprint density at radius 2 is 1.68 bits per heavy atom. The number of carbonyl (C=O) groups is 1. The number of carbonyl (C=O) groups excluding carboxylic acids is 1. The Morgan fingerprint density at radius 3 is 2.36 bits per heavy atom. The lowest BCUT2D eigenvalue weighted by Gasteiger charge is -2.23. The Labute approximate surface area is 278 Å². The van der Waals surface area contributed by atoms with Crippen LogP contribution >= 0.6 is 0 Å². The maximum Gasteiger partial charge on any atom is 0.220 e. The summed E-state index contributed by atoms with van der Waals surface area (Å²) in [6, 6.07) is 0. The minimum Gasteiger partial charge on any atom is -0.511 e. The van der Waals surface area contributed by atoms with Crippen LogP contribution in [0.25, 0.3) is 0 Å². The molecule has 0 radical (unpaired) electrons. The van der Waals surface area contributed by atoms with Gasteiger partial charge in [-0.3, -0.25) is 4.79 Å². The molecule has 8 bridgehead atoms. The normalized spacial score (nSPS) is 23.8. The molecule has 0 saturated carbocycles. The van der Waals surface area contributed by atoms with Crippen molar-refractivity contribution in [3.63, 3.8) is 0 Å². The van der Waals surface area contributed by atoms with Crippen molar-refractivity contribution >= 4 is 23.0 Å². The van der Waals surface area contributed by atoms with Gasteiger partial charge in [-0.1, -0.05) is 13.8 Å². The SMILES string of the molecule is CCC1=C(C)C2=NC1=CC1=C(C)C3=C(O)CC(=C4NC(=CC5=NC(=C2)C(CO)=C5C)[C@@H](C)[C@@H]4CCC(=O)NCCC[N+](C)(C)C)C3=N1. The van der Waals surface area contributed by atoms with E-state index in [4.69, 9.17) is 15.0 Å². The van der Waals surface area contributed by atoms with Gasteiger partial charge < -0.3 is 25.3 Å². The second kappa shape index (κ2) is 12.5. The van der Waals surface area contributed by atoms with Crippen molar-refractivity contribution < 1.29 is 19.5 Å². The average Bonchev–Trinajstić information content (AvgIpc) is 3.76. The van der Waals surface area contributed by atoms with Crippen LogP contribution in [0.5, 0.6) is 0 Å². The van der Waals surface area contributed by atoms with E-state index in [0.717, 1.165) is 109 Å². The molecule has 1 aliphatic carbocycles. The minimum atomic E-state index is -0.116. The van der Waals surface area contributed by atoms with E-state index in [0.29, 0.717) is 31.6 Å². The molecule has 0 aromatic carbocycles. The number of rotatable bonds is 9. The van der Waals surface area contributed by atoms with Crippen LogP contribution in [0, 0.1) is 11.8 Å². The third-order valence-electron chi connectivity index (χ3n) is 10.4. The van der Waals surface area contributed by atoms with Gasteiger partial charge in [0.1, 0.15) is 5.76 Å². The quantitative estimate of drug-likeness (QED) is 0.193. The highest BCUT2D eigenvalue weighted by atomic mass is 16.3. The molecule has 9 heteroatoms. The van der Waals surface area contributed by atoms with Gasteiger partial charge in [-0.05, 0) is 74.1 Å². The van der Waals surface area contributed by atoms with Gasteiger partial charge in [-0.25, -0.2) is 15.0 Å². The molecule has 1 amide bonds. The molecule has 0 aromatic rings. The molecule has 2 atom stereocenters. The fourth-order valence-corrected chi connectivity index (χ4v) is 7.51. The maximum absolute atomic E-state index is 13.0. The van der Waals surface area contributed by atoms with E-state index >= 15 is 0 Å². The number of quaternary nitrogens is 1. The van der Waals surface area contributed by atoms with Crippen LogP contribution < -0.4 is 10.6 Å². The average molecular weight is 638 g/mol. The highest BCUT2D eigenvalue weighted by molar-refractivity contribution is 6.21. The van der Waals surface area contributed by atoms with Crippen LogP contribution in [0.1, 0.15) is 66.7 Å². The van der Waals surface area contributed by atoms with E-state index in [1.165, 1.54) is 0 Å². The molecular formula is C38H49N6O3+. The molecule has 6 aliphatic rings. The largest absolute Gasteiger partial charge is 0.511 e. The van der Waals surface area contributed by atoms with Gasteiger partial charge >= 0.3 is 0 Å². The highest BCUT2D eigenvalue weighted by Crippen LogP contribution is 2.46. The summed E-state index contributed by atoms with van der Waals surface area (Å²) in [6.07, 6.45) is 9.32. The summed E-state index contributed by atoms with van der Waals surface area (Å²) in [4.78, 5) is 28.2. The van der Waals surface area contributed by atoms with Gasteiger partial charge in [0.2, 0.25) is 5.91 Å². The molecular weight excluding hydrogens is 588 g/mol. The smallest absolute Gasteiger partial charge is 0.220 e. The van der Waals surface area contributed by atoms with E-state index in [1.54, 1.807) is 0 Å². The molecule has 6 rings (SSSR count). The monoisotopic (exact) mass is 637 g/mol. The molecule has 47 heavy (non-hydrogen) atoms. The van der Waals surface area contributed by atoms with Crippen molar-refractivity contribution in [1.29, 1.82) is 0 Å². The Bertz CT molecular complexity index is 1790. The maximum atomic E-state index is 13.0. The Balaban J connectivity index is 1.42. The van der Waals surface area contributed by atoms with Gasteiger partial charge in [-0.15, -0.1) is 0 Å². The van der Waals surface area contributed by atoms with Gasteiger partial charge in [0.25, 0.3) is 0 Å². The number of aliphatic hydroxyl groups is 2. The highest BCUT2D eigenvalue weighted by Gasteiger charge is 2.41. The summed E-state index contributed by atoms with van der Waals surface area (Å²) >= 11 is 0. The van der Waals surface area contributed by atoms with Crippen LogP contribution in [0.15, 0.2) is 106 Å². The fourth-order valence-electron chi connectivity index (χ4n) is 7.51. The molecule has 5 aliphatic heterocycles. The summed E-state index contributed by atoms with van der Waals surface area (Å²) in [5, 5.41) is 28.6. The Kier molecular flexibility index (Phi) is 8.74. The van der Waals surface area contributed by atoms with Crippen LogP contribution in [0.3, 0.4) is 0 Å². The van der Waals surface area contributed by atoms with Crippen molar-refractivity contribution in [2.24, 2.45) is 26.8 Å². The zero-order valence-corrected chi connectivity index (χ0v) is 29.1. The first-order chi connectivity index (χ1) is 22.3. The van der Waals surface area contributed by atoms with Gasteiger partial charge in [0.15, 0.2) is 0 Å². The zero-order valence-electron chi connectivity index (χ0n) is 29.1. The topological polar surface area (TPSA) is 119 Å². The number of amides is 1. The van der Waals surface area contributed by atoms with Crippen molar-refractivity contribution in [2.75, 3.05) is 40.8 Å². The molecule has 0 aromatic heterocycles. The lowest BCUT2D eigenvalue weighted by Crippen LogP contribution is -2.37. The third kappa shape index (κ3) is 6.07. The first-order valence-electron chi connectivity index (χ1n) is 17.0. The van der Waals surface area contributed by atoms with Crippen LogP contribution in [-0.4, -0.2) is 78.6 Å². The lowest BCUT2D eigenvalue weighted by atomic mass is 9.86. The molecule has 0 unspecified atom stereocenters. The zero-order chi connectivity index (χ0) is 33.8. The molecule has 0 spiro atoms. The number of fused-ring (bicyclic) bond motifs is 5. The van der Waals surface area contributed by atoms with Crippen molar-refractivity contribution in [2.45, 2.75) is 66.7 Å². The Morgan fingerprint density at radius 1 is 1.00 bits per heavy atom. The van der Waals surface area contributed by atoms with E-state index in [2.05, 4.69) is 58.6 Å². The molecule has 9 nitrogen and oxygen atoms in total. The van der Waals surface area contributed by atoms with E-state index in [-0.39, 0.29) is 24.3 Å². The van der Waals surface area contributed by atoms with Crippen LogP contribution in [-0.2, 0) is 4.79 Å². The van der Waals surface area contributed by atoms with Gasteiger partial charge in [-0.2, -0.15) is 0 Å². The van der Waals surface area contributed by atoms with Crippen LogP contribution in [0.4, 0.5) is 0 Å². The number of nitrogens with one attached hydrogen (secondary N) is 2. The van der Waals surface area contributed by atoms with E-state index < -0.39 is 0 Å². The number of aliphatic imine (C=N–C) groups is 3. The van der Waals surface area contributed by atoms with E-state index in [9.17, 15) is 15.0 Å². The first kappa shape index (κ1) is 32.8. The summed E-state index contributed by atoms with van der Waals surface area (Å²) in [7, 11) is 6.47. The first-order valence-corrected chi connectivity index (χ1v) is 17.0. The number of nitrogens with zero attached hydrogens (tertiary/aromatic N) is 4. The fraction of sp³-hybridized carbons (Fsp3) is 0.474. The molecule has 1 fully saturated rings. The predicted octanol–water partition coefficient (Wildman–Crippen LogP) is 5.64. The minimum absolute atomic E-state index is 0.0268. The van der Waals surface area contributed by atoms with Crippen molar-refractivity contribution in [3.8, 4) is 0 Å². The number of aliphatic hydroxyl groups excluding tert-OH is 2. The molecule has 5 heterocycles. The number of allylic oxidation sites excluding steroid dienone is 11. The molecule has 248 valence electrons. The van der Waals surface area contributed by atoms with Crippen molar-refractivity contribution in [3.05, 3.63) is 91.5 Å². The number of hydrogen-bond acceptors (Lipinski definition) is 7. The van der Waals surface area contributed by atoms with Crippen molar-refractivity contribution in [1.82, 2.24) is 10.6 Å². The van der Waals surface area contributed by atoms with Gasteiger partial charge in [0, 0.05) is 65.8 Å². The molecule has 1 saturated heterocycles. The second-order valence-electron chi connectivity index (χ2n) is 14.5. The lowest BCUT2D eigenvalue weighted by molar-refractivity contribution is -0.870. The summed E-state index contributed by atoms with van der Waals surface area (Å²) in [6.45, 7) is 12.0. The summed E-state index contributed by atoms with van der Waals surface area (Å²) < 4.78 is 0.869. The second-order valence-corrected chi connectivity index (χ2v) is 14.5. The number of hydrogen-bond donors (Lipinski definition) is 4. The van der Waals surface area contributed by atoms with Gasteiger partial charge in [0.05, 0.1) is 68.5 Å². The summed E-state index contributed by atoms with van der Waals surface area (Å²) in [5.74, 6) is 0.487. The summed E-state index contributed by atoms with van der Waals surface area (Å²) in [5.41, 5.74) is 13.6. The third-order valence-corrected chi connectivity index (χ3v) is 10.4. The van der Waals surface area contributed by atoms with Crippen LogP contribution in [0.2, 0.25) is 0 Å². The molecule has 4 N–H and O–H groups in total. The Hall–Kier alpha value is -4.08. The standard InChI is InChI=1S/C38H48N6O3/c1-9-24-20(2)29-17-33-27(19-45)22(4)28(41-33)16-30-21(3)25(11-12-35(47)39-13-10-14-44(6,7)8)37(42-30)26-15-34(46)36-23(5)31(43-38(26)36)18-32(24)40-29/h16-18,21,25,45H,9-15,19H2,1-8H3,(H2-,39,40,41,42,43,46,47)/p+1/t21-,25-/m0/s1. The predicted molar refractivity (Wildman–Crippen MR) is 189 cm³/mol. The van der Waals surface area contributed by atoms with E-state index in [1.807, 2.05) is 26.0 Å².